The van der Waals surface area contributed by atoms with Gasteiger partial charge in [-0.25, -0.2) is 0 Å². The molecule has 0 radical (unpaired) electrons. The molecule has 2 aliphatic rings. The van der Waals surface area contributed by atoms with Gasteiger partial charge >= 0.3 is 0 Å². The molecule has 0 spiro atoms. The van der Waals surface area contributed by atoms with E-state index in [2.05, 4.69) is 18.0 Å². The van der Waals surface area contributed by atoms with Gasteiger partial charge in [0.2, 0.25) is 5.91 Å². The predicted molar refractivity (Wildman–Crippen MR) is 74.4 cm³/mol. The van der Waals surface area contributed by atoms with Crippen LogP contribution in [0.5, 0.6) is 0 Å². The number of nitrogens with zero attached hydrogens (tertiary/aromatic N) is 3. The van der Waals surface area contributed by atoms with Crippen molar-refractivity contribution in [1.29, 1.82) is 5.26 Å². The van der Waals surface area contributed by atoms with Gasteiger partial charge in [-0.2, -0.15) is 5.26 Å². The molecule has 2 bridgehead atoms. The topological polar surface area (TPSA) is 47.3 Å². The third-order valence-electron chi connectivity index (χ3n) is 5.27. The highest BCUT2D eigenvalue weighted by Gasteiger charge is 2.42. The molecule has 2 atom stereocenters. The van der Waals surface area contributed by atoms with Crippen molar-refractivity contribution in [1.82, 2.24) is 9.80 Å². The van der Waals surface area contributed by atoms with E-state index in [1.54, 1.807) is 0 Å². The summed E-state index contributed by atoms with van der Waals surface area (Å²) < 4.78 is 0. The quantitative estimate of drug-likeness (QED) is 0.782. The van der Waals surface area contributed by atoms with Crippen LogP contribution in [0, 0.1) is 16.7 Å². The molecule has 4 heteroatoms. The molecule has 0 aromatic heterocycles. The first-order valence-electron chi connectivity index (χ1n) is 7.50. The number of hydrogen-bond acceptors (Lipinski definition) is 3. The second-order valence-corrected chi connectivity index (χ2v) is 5.99. The molecule has 0 aromatic rings. The number of likely N-dealkylation sites (tertiary alicyclic amines) is 1. The SMILES string of the molecule is CCC(C#N)(CC)C(=O)N1CCC2CCC(C1)N2C. The van der Waals surface area contributed by atoms with Gasteiger partial charge in [-0.05, 0) is 39.2 Å². The maximum Gasteiger partial charge on any atom is 0.243 e. The second kappa shape index (κ2) is 5.50. The maximum absolute atomic E-state index is 12.7. The fourth-order valence-corrected chi connectivity index (χ4v) is 3.55. The summed E-state index contributed by atoms with van der Waals surface area (Å²) in [6.07, 6.45) is 4.71. The summed E-state index contributed by atoms with van der Waals surface area (Å²) in [5.74, 6) is 0.0564. The molecule has 0 saturated carbocycles. The summed E-state index contributed by atoms with van der Waals surface area (Å²) in [7, 11) is 2.17. The van der Waals surface area contributed by atoms with Crippen LogP contribution in [0.25, 0.3) is 0 Å². The maximum atomic E-state index is 12.7. The average molecular weight is 263 g/mol. The zero-order valence-electron chi connectivity index (χ0n) is 12.4. The summed E-state index contributed by atoms with van der Waals surface area (Å²) in [6, 6.07) is 3.40. The Balaban J connectivity index is 2.14. The fourth-order valence-electron chi connectivity index (χ4n) is 3.55. The first-order valence-corrected chi connectivity index (χ1v) is 7.50. The van der Waals surface area contributed by atoms with Gasteiger partial charge in [-0.15, -0.1) is 0 Å². The predicted octanol–water partition coefficient (Wildman–Crippen LogP) is 2.01. The van der Waals surface area contributed by atoms with Crippen molar-refractivity contribution in [2.45, 2.75) is 58.0 Å². The van der Waals surface area contributed by atoms with Crippen molar-refractivity contribution in [2.75, 3.05) is 20.1 Å². The lowest BCUT2D eigenvalue weighted by Crippen LogP contribution is -2.46. The van der Waals surface area contributed by atoms with Gasteiger partial charge < -0.3 is 4.90 Å². The monoisotopic (exact) mass is 263 g/mol. The van der Waals surface area contributed by atoms with Gasteiger partial charge in [0.1, 0.15) is 5.41 Å². The van der Waals surface area contributed by atoms with Crippen molar-refractivity contribution in [3.63, 3.8) is 0 Å². The Bertz CT molecular complexity index is 383. The Morgan fingerprint density at radius 2 is 1.89 bits per heavy atom. The van der Waals surface area contributed by atoms with Crippen molar-refractivity contribution in [2.24, 2.45) is 5.41 Å². The molecule has 106 valence electrons. The smallest absolute Gasteiger partial charge is 0.243 e. The first-order chi connectivity index (χ1) is 9.07. The normalized spacial score (nSPS) is 28.0. The standard InChI is InChI=1S/C15H25N3O/c1-4-15(5-2,11-16)14(19)18-9-8-12-6-7-13(10-18)17(12)3/h12-13H,4-10H2,1-3H3. The van der Waals surface area contributed by atoms with Crippen LogP contribution in [0.1, 0.15) is 46.0 Å². The van der Waals surface area contributed by atoms with Crippen LogP contribution in [0.4, 0.5) is 0 Å². The number of amides is 1. The Hall–Kier alpha value is -1.08. The summed E-state index contributed by atoms with van der Waals surface area (Å²) in [5, 5.41) is 9.42. The van der Waals surface area contributed by atoms with Crippen LogP contribution >= 0.6 is 0 Å². The van der Waals surface area contributed by atoms with Gasteiger partial charge in [0.05, 0.1) is 6.07 Å². The molecule has 1 amide bonds. The molecule has 2 unspecified atom stereocenters. The van der Waals surface area contributed by atoms with Crippen LogP contribution in [-0.4, -0.2) is 47.9 Å². The fraction of sp³-hybridized carbons (Fsp3) is 0.867. The molecule has 4 nitrogen and oxygen atoms in total. The van der Waals surface area contributed by atoms with E-state index in [0.717, 1.165) is 19.5 Å². The third kappa shape index (κ3) is 2.36. The highest BCUT2D eigenvalue weighted by atomic mass is 16.2. The number of likely N-dealkylation sites (N-methyl/N-ethyl adjacent to an activating group) is 1. The van der Waals surface area contributed by atoms with Gasteiger partial charge in [0.15, 0.2) is 0 Å². The van der Waals surface area contributed by atoms with Crippen LogP contribution in [0.15, 0.2) is 0 Å². The lowest BCUT2D eigenvalue weighted by atomic mass is 9.82. The zero-order valence-corrected chi connectivity index (χ0v) is 12.4. The molecule has 2 aliphatic heterocycles. The second-order valence-electron chi connectivity index (χ2n) is 5.99. The molecule has 2 fully saturated rings. The number of fused-ring (bicyclic) bond motifs is 2. The van der Waals surface area contributed by atoms with Crippen molar-refractivity contribution >= 4 is 5.91 Å². The third-order valence-corrected chi connectivity index (χ3v) is 5.27. The molecule has 2 rings (SSSR count). The Labute approximate surface area is 116 Å². The van der Waals surface area contributed by atoms with Gasteiger partial charge in [-0.1, -0.05) is 13.8 Å². The van der Waals surface area contributed by atoms with Crippen molar-refractivity contribution < 1.29 is 4.79 Å². The van der Waals surface area contributed by atoms with Crippen LogP contribution in [0.3, 0.4) is 0 Å². The molecular formula is C15H25N3O. The summed E-state index contributed by atoms with van der Waals surface area (Å²) >= 11 is 0. The number of carbonyl (C=O) groups is 1. The summed E-state index contributed by atoms with van der Waals surface area (Å²) in [6.45, 7) is 5.50. The minimum Gasteiger partial charge on any atom is -0.340 e. The molecule has 2 saturated heterocycles. The Kier molecular flexibility index (Phi) is 4.15. The van der Waals surface area contributed by atoms with Gasteiger partial charge in [-0.3, -0.25) is 9.69 Å². The van der Waals surface area contributed by atoms with E-state index in [0.29, 0.717) is 24.9 Å². The largest absolute Gasteiger partial charge is 0.340 e. The lowest BCUT2D eigenvalue weighted by Gasteiger charge is -2.32. The molecule has 2 heterocycles. The van der Waals surface area contributed by atoms with Gasteiger partial charge in [0, 0.05) is 25.2 Å². The van der Waals surface area contributed by atoms with Gasteiger partial charge in [0.25, 0.3) is 0 Å². The molecule has 19 heavy (non-hydrogen) atoms. The minimum atomic E-state index is -0.803. The highest BCUT2D eigenvalue weighted by molar-refractivity contribution is 5.85. The Morgan fingerprint density at radius 1 is 1.26 bits per heavy atom. The highest BCUT2D eigenvalue weighted by Crippen LogP contribution is 2.33. The van der Waals surface area contributed by atoms with Crippen LogP contribution < -0.4 is 0 Å². The van der Waals surface area contributed by atoms with E-state index in [1.165, 1.54) is 12.8 Å². The molecule has 0 aliphatic carbocycles. The van der Waals surface area contributed by atoms with E-state index < -0.39 is 5.41 Å². The van der Waals surface area contributed by atoms with Crippen molar-refractivity contribution in [3.05, 3.63) is 0 Å². The Morgan fingerprint density at radius 3 is 2.47 bits per heavy atom. The van der Waals surface area contributed by atoms with E-state index in [1.807, 2.05) is 18.7 Å². The van der Waals surface area contributed by atoms with Crippen molar-refractivity contribution in [3.8, 4) is 6.07 Å². The first kappa shape index (κ1) is 14.3. The number of nitriles is 1. The van der Waals surface area contributed by atoms with E-state index in [9.17, 15) is 10.1 Å². The van der Waals surface area contributed by atoms with E-state index in [-0.39, 0.29) is 5.91 Å². The zero-order chi connectivity index (χ0) is 14.0. The summed E-state index contributed by atoms with van der Waals surface area (Å²) in [4.78, 5) is 17.1. The van der Waals surface area contributed by atoms with Crippen LogP contribution in [0.2, 0.25) is 0 Å². The van der Waals surface area contributed by atoms with Crippen LogP contribution in [-0.2, 0) is 4.79 Å². The molecule has 0 N–H and O–H groups in total. The number of hydrogen-bond donors (Lipinski definition) is 0. The molecular weight excluding hydrogens is 238 g/mol. The summed E-state index contributed by atoms with van der Waals surface area (Å²) in [5.41, 5.74) is -0.803. The average Bonchev–Trinajstić information content (AvgIpc) is 2.66. The molecule has 0 aromatic carbocycles. The number of carbonyl (C=O) groups excluding carboxylic acids is 1. The minimum absolute atomic E-state index is 0.0564. The lowest BCUT2D eigenvalue weighted by molar-refractivity contribution is -0.139. The van der Waals surface area contributed by atoms with E-state index >= 15 is 0 Å². The van der Waals surface area contributed by atoms with E-state index in [4.69, 9.17) is 0 Å². The number of rotatable bonds is 3.